The average Bonchev–Trinajstić information content (AvgIpc) is 3.08. The topological polar surface area (TPSA) is 45.7 Å². The molecule has 1 aromatic heterocycles. The normalized spacial score (nSPS) is 14.9. The minimum Gasteiger partial charge on any atom is -0.367 e. The molecular formula is C16H17Cl2N3O2S. The molecule has 0 unspecified atom stereocenters. The van der Waals surface area contributed by atoms with E-state index in [4.69, 9.17) is 27.9 Å². The zero-order valence-electron chi connectivity index (χ0n) is 13.0. The second-order valence-electron chi connectivity index (χ2n) is 5.42. The maximum absolute atomic E-state index is 12.2. The first-order chi connectivity index (χ1) is 11.6. The van der Waals surface area contributed by atoms with Gasteiger partial charge in [-0.05, 0) is 18.2 Å². The van der Waals surface area contributed by atoms with Crippen LogP contribution in [0.1, 0.15) is 4.88 Å². The zero-order valence-corrected chi connectivity index (χ0v) is 15.3. The van der Waals surface area contributed by atoms with E-state index in [0.29, 0.717) is 29.7 Å². The van der Waals surface area contributed by atoms with Crippen molar-refractivity contribution < 1.29 is 9.53 Å². The highest BCUT2D eigenvalue weighted by molar-refractivity contribution is 7.09. The fourth-order valence-corrected chi connectivity index (χ4v) is 3.64. The number of aromatic nitrogens is 1. The maximum atomic E-state index is 12.2. The van der Waals surface area contributed by atoms with Gasteiger partial charge in [0.25, 0.3) is 0 Å². The van der Waals surface area contributed by atoms with E-state index in [1.165, 1.54) is 11.3 Å². The van der Waals surface area contributed by atoms with Crippen LogP contribution in [0.15, 0.2) is 29.9 Å². The van der Waals surface area contributed by atoms with E-state index in [1.807, 2.05) is 17.0 Å². The first kappa shape index (κ1) is 17.5. The summed E-state index contributed by atoms with van der Waals surface area (Å²) in [6.45, 7) is 3.31. The molecule has 128 valence electrons. The highest BCUT2D eigenvalue weighted by atomic mass is 35.5. The molecule has 1 aliphatic heterocycles. The summed E-state index contributed by atoms with van der Waals surface area (Å²) in [7, 11) is 0. The van der Waals surface area contributed by atoms with E-state index in [0.717, 1.165) is 23.7 Å². The van der Waals surface area contributed by atoms with Crippen LogP contribution in [0, 0.1) is 0 Å². The van der Waals surface area contributed by atoms with Gasteiger partial charge in [0.1, 0.15) is 6.61 Å². The zero-order chi connectivity index (χ0) is 16.9. The van der Waals surface area contributed by atoms with Crippen molar-refractivity contribution in [2.24, 2.45) is 0 Å². The number of thiazole rings is 1. The SMILES string of the molecule is O=C(COCc1cncs1)N1CCN(c2ccc(Cl)cc2Cl)CC1. The lowest BCUT2D eigenvalue weighted by Crippen LogP contribution is -2.49. The van der Waals surface area contributed by atoms with Crippen LogP contribution in [-0.4, -0.2) is 48.6 Å². The molecule has 0 atom stereocenters. The lowest BCUT2D eigenvalue weighted by molar-refractivity contribution is -0.136. The van der Waals surface area contributed by atoms with Gasteiger partial charge in [-0.2, -0.15) is 0 Å². The van der Waals surface area contributed by atoms with Crippen molar-refractivity contribution in [1.82, 2.24) is 9.88 Å². The van der Waals surface area contributed by atoms with Crippen LogP contribution in [0.25, 0.3) is 0 Å². The number of piperazine rings is 1. The van der Waals surface area contributed by atoms with Crippen molar-refractivity contribution in [2.75, 3.05) is 37.7 Å². The molecule has 3 rings (SSSR count). The quantitative estimate of drug-likeness (QED) is 0.791. The van der Waals surface area contributed by atoms with E-state index in [9.17, 15) is 4.79 Å². The molecule has 0 saturated carbocycles. The predicted octanol–water partition coefficient (Wildman–Crippen LogP) is 3.32. The smallest absolute Gasteiger partial charge is 0.248 e. The van der Waals surface area contributed by atoms with E-state index in [-0.39, 0.29) is 12.5 Å². The molecule has 2 aromatic rings. The number of benzene rings is 1. The minimum atomic E-state index is 0.0152. The Morgan fingerprint density at radius 1 is 1.25 bits per heavy atom. The van der Waals surface area contributed by atoms with Crippen LogP contribution >= 0.6 is 34.5 Å². The van der Waals surface area contributed by atoms with Crippen molar-refractivity contribution in [3.63, 3.8) is 0 Å². The van der Waals surface area contributed by atoms with Gasteiger partial charge in [-0.15, -0.1) is 11.3 Å². The van der Waals surface area contributed by atoms with Crippen LogP contribution in [0.2, 0.25) is 10.0 Å². The van der Waals surface area contributed by atoms with E-state index < -0.39 is 0 Å². The molecule has 0 radical (unpaired) electrons. The summed E-state index contributed by atoms with van der Waals surface area (Å²) in [4.78, 5) is 21.2. The molecule has 1 aliphatic rings. The minimum absolute atomic E-state index is 0.0152. The second kappa shape index (κ2) is 8.16. The molecule has 24 heavy (non-hydrogen) atoms. The van der Waals surface area contributed by atoms with Gasteiger partial charge < -0.3 is 14.5 Å². The van der Waals surface area contributed by atoms with Crippen LogP contribution < -0.4 is 4.90 Å². The number of halogens is 2. The van der Waals surface area contributed by atoms with Crippen LogP contribution in [-0.2, 0) is 16.1 Å². The Labute approximate surface area is 154 Å². The van der Waals surface area contributed by atoms with Gasteiger partial charge in [-0.3, -0.25) is 9.78 Å². The molecule has 1 fully saturated rings. The number of carbonyl (C=O) groups is 1. The Hall–Kier alpha value is -1.34. The number of hydrogen-bond acceptors (Lipinski definition) is 5. The van der Waals surface area contributed by atoms with Crippen LogP contribution in [0.3, 0.4) is 0 Å². The molecule has 1 amide bonds. The fraction of sp³-hybridized carbons (Fsp3) is 0.375. The van der Waals surface area contributed by atoms with E-state index in [2.05, 4.69) is 9.88 Å². The largest absolute Gasteiger partial charge is 0.367 e. The summed E-state index contributed by atoms with van der Waals surface area (Å²) in [5.74, 6) is 0.0152. The van der Waals surface area contributed by atoms with Crippen LogP contribution in [0.5, 0.6) is 0 Å². The van der Waals surface area contributed by atoms with Crippen molar-refractivity contribution in [2.45, 2.75) is 6.61 Å². The molecule has 1 saturated heterocycles. The summed E-state index contributed by atoms with van der Waals surface area (Å²) < 4.78 is 5.47. The number of amides is 1. The molecule has 0 spiro atoms. The number of carbonyl (C=O) groups excluding carboxylic acids is 1. The standard InChI is InChI=1S/C16H17Cl2N3O2S/c17-12-1-2-15(14(18)7-12)20-3-5-21(6-4-20)16(22)10-23-9-13-8-19-11-24-13/h1-2,7-8,11H,3-6,9-10H2. The number of nitrogens with zero attached hydrogens (tertiary/aromatic N) is 3. The van der Waals surface area contributed by atoms with E-state index >= 15 is 0 Å². The summed E-state index contributed by atoms with van der Waals surface area (Å²) in [6, 6.07) is 5.48. The third kappa shape index (κ3) is 4.39. The molecule has 8 heteroatoms. The van der Waals surface area contributed by atoms with Gasteiger partial charge >= 0.3 is 0 Å². The van der Waals surface area contributed by atoms with Gasteiger partial charge in [0.05, 0.1) is 27.7 Å². The highest BCUT2D eigenvalue weighted by Crippen LogP contribution is 2.29. The summed E-state index contributed by atoms with van der Waals surface area (Å²) in [5.41, 5.74) is 2.70. The summed E-state index contributed by atoms with van der Waals surface area (Å²) >= 11 is 13.7. The Balaban J connectivity index is 1.46. The van der Waals surface area contributed by atoms with Gasteiger partial charge in [0.15, 0.2) is 0 Å². The van der Waals surface area contributed by atoms with Gasteiger partial charge in [-0.1, -0.05) is 23.2 Å². The molecule has 0 N–H and O–H groups in total. The van der Waals surface area contributed by atoms with Crippen molar-refractivity contribution in [3.8, 4) is 0 Å². The monoisotopic (exact) mass is 385 g/mol. The van der Waals surface area contributed by atoms with Crippen molar-refractivity contribution >= 4 is 46.1 Å². The van der Waals surface area contributed by atoms with Gasteiger partial charge in [0, 0.05) is 37.4 Å². The lowest BCUT2D eigenvalue weighted by atomic mass is 10.2. The average molecular weight is 386 g/mol. The highest BCUT2D eigenvalue weighted by Gasteiger charge is 2.22. The third-order valence-corrected chi connectivity index (χ3v) is 5.13. The first-order valence-corrected chi connectivity index (χ1v) is 9.20. The van der Waals surface area contributed by atoms with Crippen molar-refractivity contribution in [3.05, 3.63) is 44.8 Å². The Morgan fingerprint density at radius 2 is 2.04 bits per heavy atom. The van der Waals surface area contributed by atoms with Gasteiger partial charge in [-0.25, -0.2) is 0 Å². The summed E-state index contributed by atoms with van der Waals surface area (Å²) in [6.07, 6.45) is 1.75. The molecule has 1 aromatic carbocycles. The van der Waals surface area contributed by atoms with Crippen LogP contribution in [0.4, 0.5) is 5.69 Å². The number of anilines is 1. The Bertz CT molecular complexity index is 689. The number of hydrogen-bond donors (Lipinski definition) is 0. The van der Waals surface area contributed by atoms with E-state index in [1.54, 1.807) is 17.8 Å². The Kier molecular flexibility index (Phi) is 5.94. The summed E-state index contributed by atoms with van der Waals surface area (Å²) in [5, 5.41) is 1.26. The van der Waals surface area contributed by atoms with Crippen molar-refractivity contribution in [1.29, 1.82) is 0 Å². The maximum Gasteiger partial charge on any atom is 0.248 e. The molecule has 2 heterocycles. The Morgan fingerprint density at radius 3 is 2.71 bits per heavy atom. The number of ether oxygens (including phenoxy) is 1. The third-order valence-electron chi connectivity index (χ3n) is 3.84. The second-order valence-corrected chi connectivity index (χ2v) is 7.24. The number of rotatable bonds is 5. The predicted molar refractivity (Wildman–Crippen MR) is 97.0 cm³/mol. The fourth-order valence-electron chi connectivity index (χ4n) is 2.58. The molecule has 5 nitrogen and oxygen atoms in total. The molecule has 0 aliphatic carbocycles. The van der Waals surface area contributed by atoms with Gasteiger partial charge in [0.2, 0.25) is 5.91 Å². The molecule has 0 bridgehead atoms. The first-order valence-electron chi connectivity index (χ1n) is 7.56. The molecular weight excluding hydrogens is 369 g/mol. The lowest BCUT2D eigenvalue weighted by Gasteiger charge is -2.36.